The van der Waals surface area contributed by atoms with Gasteiger partial charge in [0.15, 0.2) is 0 Å². The van der Waals surface area contributed by atoms with Gasteiger partial charge in [-0.25, -0.2) is 9.97 Å². The van der Waals surface area contributed by atoms with Crippen LogP contribution in [-0.2, 0) is 6.42 Å². The van der Waals surface area contributed by atoms with Gasteiger partial charge in [0, 0.05) is 4.88 Å². The van der Waals surface area contributed by atoms with Gasteiger partial charge < -0.3 is 10.4 Å². The number of hydrogen-bond donors (Lipinski definition) is 2. The number of rotatable bonds is 6. The molecule has 0 radical (unpaired) electrons. The molecule has 0 aliphatic heterocycles. The minimum atomic E-state index is -0.362. The lowest BCUT2D eigenvalue weighted by atomic mass is 9.94. The Hall–Kier alpha value is -0.910. The summed E-state index contributed by atoms with van der Waals surface area (Å²) in [5.41, 5.74) is -0.362. The Balaban J connectivity index is 2.49. The maximum Gasteiger partial charge on any atom is 0.225 e. The van der Waals surface area contributed by atoms with Gasteiger partial charge in [-0.15, -0.1) is 11.3 Å². The number of nitrogens with zero attached hydrogens (tertiary/aromatic N) is 2. The first kappa shape index (κ1) is 15.5. The van der Waals surface area contributed by atoms with Gasteiger partial charge in [-0.2, -0.15) is 0 Å². The fourth-order valence-corrected chi connectivity index (χ4v) is 3.34. The summed E-state index contributed by atoms with van der Waals surface area (Å²) in [5, 5.41) is 14.3. The highest BCUT2D eigenvalue weighted by Gasteiger charge is 2.26. The van der Waals surface area contributed by atoms with E-state index in [9.17, 15) is 5.11 Å². The Labute approximate surface area is 128 Å². The molecule has 0 spiro atoms. The molecule has 0 fully saturated rings. The first-order valence-electron chi connectivity index (χ1n) is 6.92. The summed E-state index contributed by atoms with van der Waals surface area (Å²) in [4.78, 5) is 10.7. The second-order valence-electron chi connectivity index (χ2n) is 4.90. The van der Waals surface area contributed by atoms with Crippen LogP contribution in [0.2, 0.25) is 5.28 Å². The molecule has 0 saturated carbocycles. The van der Waals surface area contributed by atoms with E-state index in [2.05, 4.69) is 42.1 Å². The molecule has 4 nitrogen and oxygen atoms in total. The molecule has 0 bridgehead atoms. The van der Waals surface area contributed by atoms with E-state index in [1.54, 1.807) is 11.3 Å². The van der Waals surface area contributed by atoms with Crippen molar-refractivity contribution in [1.82, 2.24) is 9.97 Å². The van der Waals surface area contributed by atoms with Crippen LogP contribution >= 0.6 is 22.9 Å². The smallest absolute Gasteiger partial charge is 0.225 e. The molecule has 110 valence electrons. The fourth-order valence-electron chi connectivity index (χ4n) is 2.16. The van der Waals surface area contributed by atoms with Crippen molar-refractivity contribution in [3.8, 4) is 0 Å². The molecule has 0 aliphatic carbocycles. The van der Waals surface area contributed by atoms with Crippen LogP contribution in [0, 0.1) is 0 Å². The zero-order valence-electron chi connectivity index (χ0n) is 12.0. The third-order valence-electron chi connectivity index (χ3n) is 3.80. The van der Waals surface area contributed by atoms with Crippen LogP contribution < -0.4 is 5.32 Å². The monoisotopic (exact) mass is 313 g/mol. The number of nitrogens with one attached hydrogen (secondary N) is 1. The maximum atomic E-state index is 9.69. The Morgan fingerprint density at radius 1 is 1.30 bits per heavy atom. The van der Waals surface area contributed by atoms with Crippen molar-refractivity contribution in [2.24, 2.45) is 0 Å². The minimum Gasteiger partial charge on any atom is -0.394 e. The summed E-state index contributed by atoms with van der Waals surface area (Å²) in [5.74, 6) is 0.716. The van der Waals surface area contributed by atoms with Gasteiger partial charge in [0.1, 0.15) is 10.6 Å². The first-order valence-corrected chi connectivity index (χ1v) is 8.12. The highest BCUT2D eigenvalue weighted by molar-refractivity contribution is 7.18. The van der Waals surface area contributed by atoms with E-state index in [-0.39, 0.29) is 17.4 Å². The maximum absolute atomic E-state index is 9.69. The summed E-state index contributed by atoms with van der Waals surface area (Å²) >= 11 is 7.65. The quantitative estimate of drug-likeness (QED) is 0.795. The highest BCUT2D eigenvalue weighted by atomic mass is 35.5. The molecule has 2 heterocycles. The average Bonchev–Trinajstić information content (AvgIpc) is 2.88. The number of aliphatic hydroxyl groups excluding tert-OH is 1. The van der Waals surface area contributed by atoms with Crippen LogP contribution in [0.1, 0.15) is 38.5 Å². The lowest BCUT2D eigenvalue weighted by Gasteiger charge is -2.31. The summed E-state index contributed by atoms with van der Waals surface area (Å²) < 4.78 is 0. The molecule has 0 aliphatic rings. The van der Waals surface area contributed by atoms with Crippen LogP contribution in [0.4, 0.5) is 5.82 Å². The predicted octanol–water partition coefficient (Wildman–Crippen LogP) is 3.87. The number of halogens is 1. The number of thiophene rings is 1. The third-order valence-corrected chi connectivity index (χ3v) is 5.15. The van der Waals surface area contributed by atoms with Crippen molar-refractivity contribution in [3.63, 3.8) is 0 Å². The number of aromatic nitrogens is 2. The molecule has 0 atom stereocenters. The molecular weight excluding hydrogens is 294 g/mol. The predicted molar refractivity (Wildman–Crippen MR) is 85.8 cm³/mol. The van der Waals surface area contributed by atoms with Crippen LogP contribution in [0.15, 0.2) is 6.07 Å². The molecule has 6 heteroatoms. The lowest BCUT2D eigenvalue weighted by molar-refractivity contribution is 0.202. The van der Waals surface area contributed by atoms with Gasteiger partial charge in [-0.05, 0) is 36.9 Å². The number of fused-ring (bicyclic) bond motifs is 1. The van der Waals surface area contributed by atoms with E-state index in [0.29, 0.717) is 5.82 Å². The van der Waals surface area contributed by atoms with E-state index < -0.39 is 0 Å². The van der Waals surface area contributed by atoms with Gasteiger partial charge >= 0.3 is 0 Å². The number of anilines is 1. The summed E-state index contributed by atoms with van der Waals surface area (Å²) in [7, 11) is 0. The molecule has 20 heavy (non-hydrogen) atoms. The topological polar surface area (TPSA) is 58.0 Å². The van der Waals surface area contributed by atoms with E-state index >= 15 is 0 Å². The Kier molecular flexibility index (Phi) is 4.83. The van der Waals surface area contributed by atoms with E-state index in [1.165, 1.54) is 4.88 Å². The Bertz CT molecular complexity index is 587. The number of hydrogen-bond acceptors (Lipinski definition) is 5. The molecule has 0 saturated heterocycles. The van der Waals surface area contributed by atoms with Crippen LogP contribution in [0.25, 0.3) is 10.2 Å². The summed E-state index contributed by atoms with van der Waals surface area (Å²) in [6.07, 6.45) is 2.59. The van der Waals surface area contributed by atoms with Crippen LogP contribution in [-0.4, -0.2) is 27.2 Å². The van der Waals surface area contributed by atoms with Gasteiger partial charge in [0.05, 0.1) is 17.5 Å². The number of aryl methyl sites for hydroxylation is 1. The molecule has 2 rings (SSSR count). The van der Waals surface area contributed by atoms with E-state index in [4.69, 9.17) is 11.6 Å². The molecule has 2 aromatic heterocycles. The molecule has 2 N–H and O–H groups in total. The van der Waals surface area contributed by atoms with Gasteiger partial charge in [-0.3, -0.25) is 0 Å². The van der Waals surface area contributed by atoms with E-state index in [1.807, 2.05) is 0 Å². The molecule has 0 aromatic carbocycles. The molecule has 0 unspecified atom stereocenters. The van der Waals surface area contributed by atoms with Gasteiger partial charge in [-0.1, -0.05) is 20.8 Å². The van der Waals surface area contributed by atoms with Crippen molar-refractivity contribution in [1.29, 1.82) is 0 Å². The fraction of sp³-hybridized carbons (Fsp3) is 0.571. The average molecular weight is 314 g/mol. The second kappa shape index (κ2) is 6.24. The third kappa shape index (κ3) is 2.90. The minimum absolute atomic E-state index is 0.0634. The standard InChI is InChI=1S/C14H20ClN3OS/c1-4-9-7-10-11(16-13(15)17-12(10)20-9)18-14(5-2,6-3)8-19/h7,19H,4-6,8H2,1-3H3,(H,16,17,18). The van der Waals surface area contributed by atoms with Crippen molar-refractivity contribution in [2.45, 2.75) is 45.6 Å². The zero-order chi connectivity index (χ0) is 14.8. The van der Waals surface area contributed by atoms with Gasteiger partial charge in [0.2, 0.25) is 5.28 Å². The zero-order valence-corrected chi connectivity index (χ0v) is 13.6. The van der Waals surface area contributed by atoms with Crippen molar-refractivity contribution in [2.75, 3.05) is 11.9 Å². The van der Waals surface area contributed by atoms with Crippen molar-refractivity contribution >= 4 is 39.0 Å². The normalized spacial score (nSPS) is 12.1. The molecule has 0 amide bonds. The van der Waals surface area contributed by atoms with Crippen LogP contribution in [0.5, 0.6) is 0 Å². The van der Waals surface area contributed by atoms with Crippen molar-refractivity contribution in [3.05, 3.63) is 16.2 Å². The Morgan fingerprint density at radius 2 is 2.00 bits per heavy atom. The second-order valence-corrected chi connectivity index (χ2v) is 6.35. The number of aliphatic hydroxyl groups is 1. The largest absolute Gasteiger partial charge is 0.394 e. The SMILES string of the molecule is CCc1cc2c(NC(CC)(CC)CO)nc(Cl)nc2s1. The first-order chi connectivity index (χ1) is 9.57. The van der Waals surface area contributed by atoms with Gasteiger partial charge in [0.25, 0.3) is 0 Å². The molecule has 2 aromatic rings. The van der Waals surface area contributed by atoms with Crippen molar-refractivity contribution < 1.29 is 5.11 Å². The van der Waals surface area contributed by atoms with E-state index in [0.717, 1.165) is 29.5 Å². The summed E-state index contributed by atoms with van der Waals surface area (Å²) in [6.45, 7) is 6.28. The van der Waals surface area contributed by atoms with Crippen LogP contribution in [0.3, 0.4) is 0 Å². The Morgan fingerprint density at radius 3 is 2.55 bits per heavy atom. The highest BCUT2D eigenvalue weighted by Crippen LogP contribution is 2.32. The molecular formula is C14H20ClN3OS. The lowest BCUT2D eigenvalue weighted by Crippen LogP contribution is -2.41. The summed E-state index contributed by atoms with van der Waals surface area (Å²) in [6, 6.07) is 2.10.